The standard InChI is InChI=1S/C26H24Cl2N4O3/c1-29-21-8-4-19(5-9-21)26(30-34)31-12-13-32(25(17-31)18-2-6-20(27)7-3-18)24-11-10-22(16-23(24)28)35-15-14-33/h2-11,16,25,33-34H,12-15,17H2/b30-26+/t25-/m0/s1. The number of halogens is 2. The van der Waals surface area contributed by atoms with E-state index in [0.29, 0.717) is 47.0 Å². The van der Waals surface area contributed by atoms with Crippen molar-refractivity contribution in [1.29, 1.82) is 0 Å². The van der Waals surface area contributed by atoms with Crippen LogP contribution in [0.2, 0.25) is 10.0 Å². The number of oxime groups is 1. The van der Waals surface area contributed by atoms with E-state index in [1.807, 2.05) is 41.3 Å². The predicted molar refractivity (Wildman–Crippen MR) is 138 cm³/mol. The average Bonchev–Trinajstić information content (AvgIpc) is 2.89. The summed E-state index contributed by atoms with van der Waals surface area (Å²) in [5, 5.41) is 23.7. The normalized spacial score (nSPS) is 16.2. The van der Waals surface area contributed by atoms with Crippen molar-refractivity contribution in [3.8, 4) is 5.75 Å². The van der Waals surface area contributed by atoms with Gasteiger partial charge in [-0.25, -0.2) is 4.85 Å². The molecule has 1 heterocycles. The van der Waals surface area contributed by atoms with E-state index in [1.165, 1.54) is 0 Å². The molecule has 3 aromatic carbocycles. The Labute approximate surface area is 214 Å². The van der Waals surface area contributed by atoms with E-state index in [-0.39, 0.29) is 19.3 Å². The summed E-state index contributed by atoms with van der Waals surface area (Å²) in [6.07, 6.45) is 0. The zero-order chi connectivity index (χ0) is 24.8. The molecular weight excluding hydrogens is 487 g/mol. The number of benzene rings is 3. The minimum Gasteiger partial charge on any atom is -0.491 e. The Morgan fingerprint density at radius 2 is 1.80 bits per heavy atom. The zero-order valence-corrected chi connectivity index (χ0v) is 20.3. The minimum absolute atomic E-state index is 0.0741. The van der Waals surface area contributed by atoms with Crippen LogP contribution in [0.15, 0.2) is 71.9 Å². The van der Waals surface area contributed by atoms with Gasteiger partial charge in [0, 0.05) is 36.3 Å². The number of aliphatic hydroxyl groups is 1. The maximum absolute atomic E-state index is 9.88. The van der Waals surface area contributed by atoms with Gasteiger partial charge in [-0.3, -0.25) is 0 Å². The van der Waals surface area contributed by atoms with Crippen molar-refractivity contribution >= 4 is 40.4 Å². The molecular formula is C26H24Cl2N4O3. The van der Waals surface area contributed by atoms with E-state index in [0.717, 1.165) is 16.8 Å². The molecule has 35 heavy (non-hydrogen) atoms. The summed E-state index contributed by atoms with van der Waals surface area (Å²) in [5.41, 5.74) is 3.14. The molecule has 0 spiro atoms. The van der Waals surface area contributed by atoms with E-state index in [4.69, 9.17) is 39.6 Å². The van der Waals surface area contributed by atoms with E-state index < -0.39 is 0 Å². The van der Waals surface area contributed by atoms with Gasteiger partial charge in [0.25, 0.3) is 0 Å². The van der Waals surface area contributed by atoms with Crippen LogP contribution in [-0.4, -0.2) is 53.9 Å². The van der Waals surface area contributed by atoms with Crippen molar-refractivity contribution in [2.45, 2.75) is 6.04 Å². The SMILES string of the molecule is [C-]#[N+]c1ccc(/C(=N\O)N2CCN(c3ccc(OCCO)cc3Cl)[C@H](c3ccc(Cl)cc3)C2)cc1. The molecule has 1 aliphatic rings. The molecule has 0 amide bonds. The molecule has 3 aromatic rings. The van der Waals surface area contributed by atoms with Crippen LogP contribution in [0, 0.1) is 6.57 Å². The third-order valence-corrected chi connectivity index (χ3v) is 6.43. The highest BCUT2D eigenvalue weighted by atomic mass is 35.5. The number of anilines is 1. The van der Waals surface area contributed by atoms with E-state index in [1.54, 1.807) is 30.3 Å². The monoisotopic (exact) mass is 510 g/mol. The zero-order valence-electron chi connectivity index (χ0n) is 18.8. The fourth-order valence-corrected chi connectivity index (χ4v) is 4.60. The number of nitrogens with zero attached hydrogens (tertiary/aromatic N) is 4. The van der Waals surface area contributed by atoms with Gasteiger partial charge < -0.3 is 24.9 Å². The minimum atomic E-state index is -0.109. The quantitative estimate of drug-likeness (QED) is 0.148. The van der Waals surface area contributed by atoms with E-state index in [2.05, 4.69) is 14.9 Å². The number of rotatable bonds is 6. The third-order valence-electron chi connectivity index (χ3n) is 5.87. The van der Waals surface area contributed by atoms with Crippen LogP contribution < -0.4 is 9.64 Å². The first kappa shape index (κ1) is 24.7. The first-order valence-corrected chi connectivity index (χ1v) is 11.8. The molecule has 7 nitrogen and oxygen atoms in total. The van der Waals surface area contributed by atoms with Crippen LogP contribution in [0.4, 0.5) is 11.4 Å². The van der Waals surface area contributed by atoms with Gasteiger partial charge in [0.15, 0.2) is 11.5 Å². The number of hydrogen-bond acceptors (Lipinski definition) is 5. The number of hydrogen-bond donors (Lipinski definition) is 2. The highest BCUT2D eigenvalue weighted by molar-refractivity contribution is 6.33. The maximum atomic E-state index is 9.88. The Morgan fingerprint density at radius 3 is 2.43 bits per heavy atom. The fourth-order valence-electron chi connectivity index (χ4n) is 4.20. The van der Waals surface area contributed by atoms with Crippen LogP contribution in [0.1, 0.15) is 17.2 Å². The Bertz CT molecular complexity index is 1230. The molecule has 0 bridgehead atoms. The lowest BCUT2D eigenvalue weighted by Gasteiger charge is -2.44. The average molecular weight is 511 g/mol. The molecule has 0 aliphatic carbocycles. The van der Waals surface area contributed by atoms with Crippen molar-refractivity contribution in [3.63, 3.8) is 0 Å². The topological polar surface area (TPSA) is 72.9 Å². The van der Waals surface area contributed by atoms with Gasteiger partial charge in [-0.15, -0.1) is 0 Å². The summed E-state index contributed by atoms with van der Waals surface area (Å²) in [6.45, 7) is 9.02. The van der Waals surface area contributed by atoms with E-state index in [9.17, 15) is 5.21 Å². The van der Waals surface area contributed by atoms with Crippen molar-refractivity contribution in [2.24, 2.45) is 5.16 Å². The number of ether oxygens (including phenoxy) is 1. The first-order chi connectivity index (χ1) is 17.0. The van der Waals surface area contributed by atoms with Crippen molar-refractivity contribution in [2.75, 3.05) is 37.7 Å². The summed E-state index contributed by atoms with van der Waals surface area (Å²) in [4.78, 5) is 7.67. The summed E-state index contributed by atoms with van der Waals surface area (Å²) in [7, 11) is 0. The molecule has 0 saturated carbocycles. The summed E-state index contributed by atoms with van der Waals surface area (Å²) in [6, 6.07) is 20.0. The van der Waals surface area contributed by atoms with Gasteiger partial charge >= 0.3 is 0 Å². The summed E-state index contributed by atoms with van der Waals surface area (Å²) >= 11 is 12.8. The maximum Gasteiger partial charge on any atom is 0.187 e. The molecule has 1 atom stereocenters. The highest BCUT2D eigenvalue weighted by Crippen LogP contribution is 2.37. The van der Waals surface area contributed by atoms with Crippen LogP contribution in [0.25, 0.3) is 4.85 Å². The molecule has 9 heteroatoms. The molecule has 0 radical (unpaired) electrons. The second kappa shape index (κ2) is 11.3. The predicted octanol–water partition coefficient (Wildman–Crippen LogP) is 5.61. The number of piperazine rings is 1. The molecule has 180 valence electrons. The molecule has 1 fully saturated rings. The second-order valence-corrected chi connectivity index (χ2v) is 8.82. The summed E-state index contributed by atoms with van der Waals surface area (Å²) < 4.78 is 5.49. The molecule has 0 unspecified atom stereocenters. The smallest absolute Gasteiger partial charge is 0.187 e. The van der Waals surface area contributed by atoms with Gasteiger partial charge in [-0.05, 0) is 29.8 Å². The molecule has 1 aliphatic heterocycles. The largest absolute Gasteiger partial charge is 0.491 e. The van der Waals surface area contributed by atoms with Crippen LogP contribution in [0.5, 0.6) is 5.75 Å². The second-order valence-electron chi connectivity index (χ2n) is 7.97. The number of aliphatic hydroxyl groups excluding tert-OH is 1. The van der Waals surface area contributed by atoms with Gasteiger partial charge in [-0.1, -0.05) is 64.8 Å². The van der Waals surface area contributed by atoms with Crippen molar-refractivity contribution in [3.05, 3.63) is 99.3 Å². The molecule has 2 N–H and O–H groups in total. The first-order valence-electron chi connectivity index (χ1n) is 11.0. The third kappa shape index (κ3) is 5.63. The Kier molecular flexibility index (Phi) is 7.98. The number of amidine groups is 1. The van der Waals surface area contributed by atoms with Crippen LogP contribution in [-0.2, 0) is 0 Å². The highest BCUT2D eigenvalue weighted by Gasteiger charge is 2.32. The van der Waals surface area contributed by atoms with Crippen molar-refractivity contribution in [1.82, 2.24) is 4.90 Å². The van der Waals surface area contributed by atoms with Gasteiger partial charge in [0.05, 0.1) is 29.9 Å². The lowest BCUT2D eigenvalue weighted by Crippen LogP contribution is -2.51. The van der Waals surface area contributed by atoms with E-state index >= 15 is 0 Å². The van der Waals surface area contributed by atoms with Gasteiger partial charge in [0.1, 0.15) is 12.4 Å². The van der Waals surface area contributed by atoms with Crippen molar-refractivity contribution < 1.29 is 15.1 Å². The van der Waals surface area contributed by atoms with Crippen LogP contribution in [0.3, 0.4) is 0 Å². The van der Waals surface area contributed by atoms with Crippen LogP contribution >= 0.6 is 23.2 Å². The van der Waals surface area contributed by atoms with Gasteiger partial charge in [-0.2, -0.15) is 0 Å². The van der Waals surface area contributed by atoms with Gasteiger partial charge in [0.2, 0.25) is 0 Å². The Morgan fingerprint density at radius 1 is 1.06 bits per heavy atom. The fraction of sp³-hybridized carbons (Fsp3) is 0.231. The Hall–Kier alpha value is -3.44. The molecule has 4 rings (SSSR count). The molecule has 0 aromatic heterocycles. The lowest BCUT2D eigenvalue weighted by molar-refractivity contribution is 0.201. The molecule has 1 saturated heterocycles. The Balaban J connectivity index is 1.65. The summed E-state index contributed by atoms with van der Waals surface area (Å²) in [5.74, 6) is 1.03. The lowest BCUT2D eigenvalue weighted by atomic mass is 10.00.